The summed E-state index contributed by atoms with van der Waals surface area (Å²) in [5.74, 6) is 0.888. The second kappa shape index (κ2) is 14.0. The summed E-state index contributed by atoms with van der Waals surface area (Å²) in [6, 6.07) is 23.6. The summed E-state index contributed by atoms with van der Waals surface area (Å²) >= 11 is 0. The van der Waals surface area contributed by atoms with Crippen LogP contribution in [0.5, 0.6) is 0 Å². The summed E-state index contributed by atoms with van der Waals surface area (Å²) in [5, 5.41) is 7.25. The molecule has 3 heteroatoms. The fraction of sp³-hybridized carbons (Fsp3) is 0.400. The van der Waals surface area contributed by atoms with Gasteiger partial charge < -0.3 is 4.79 Å². The van der Waals surface area contributed by atoms with E-state index in [0.29, 0.717) is 37.9 Å². The molecule has 198 valence electrons. The van der Waals surface area contributed by atoms with E-state index in [1.54, 1.807) is 6.92 Å². The van der Waals surface area contributed by atoms with Gasteiger partial charge in [0.15, 0.2) is 0 Å². The molecular formula is C35H40O3. The minimum Gasteiger partial charge on any atom is -0.300 e. The van der Waals surface area contributed by atoms with Gasteiger partial charge in [-0.1, -0.05) is 80.3 Å². The molecule has 0 saturated carbocycles. The molecular weight excluding hydrogens is 468 g/mol. The van der Waals surface area contributed by atoms with Gasteiger partial charge in [-0.05, 0) is 82.6 Å². The van der Waals surface area contributed by atoms with Gasteiger partial charge in [-0.25, -0.2) is 0 Å². The smallest absolute Gasteiger partial charge is 0.137 e. The molecule has 0 unspecified atom stereocenters. The average molecular weight is 509 g/mol. The van der Waals surface area contributed by atoms with Crippen molar-refractivity contribution in [2.45, 2.75) is 90.4 Å². The van der Waals surface area contributed by atoms with E-state index in [1.165, 1.54) is 32.3 Å². The Balaban J connectivity index is 1.22. The number of hydrogen-bond donors (Lipinski definition) is 0. The third-order valence-electron chi connectivity index (χ3n) is 7.60. The van der Waals surface area contributed by atoms with Gasteiger partial charge >= 0.3 is 0 Å². The molecule has 0 N–H and O–H groups in total. The maximum atomic E-state index is 12.9. The first-order chi connectivity index (χ1) is 18.5. The van der Waals surface area contributed by atoms with Crippen LogP contribution in [0.15, 0.2) is 66.7 Å². The zero-order valence-corrected chi connectivity index (χ0v) is 22.8. The van der Waals surface area contributed by atoms with Gasteiger partial charge in [-0.2, -0.15) is 0 Å². The average Bonchev–Trinajstić information content (AvgIpc) is 2.91. The number of carbonyl (C=O) groups excluding carboxylic acids is 3. The van der Waals surface area contributed by atoms with Crippen LogP contribution in [0.2, 0.25) is 0 Å². The monoisotopic (exact) mass is 508 g/mol. The molecule has 0 saturated heterocycles. The highest BCUT2D eigenvalue weighted by Gasteiger charge is 2.11. The van der Waals surface area contributed by atoms with Crippen molar-refractivity contribution in [2.24, 2.45) is 0 Å². The summed E-state index contributed by atoms with van der Waals surface area (Å²) in [5.41, 5.74) is 1.11. The van der Waals surface area contributed by atoms with E-state index in [1.807, 2.05) is 0 Å². The van der Waals surface area contributed by atoms with E-state index in [-0.39, 0.29) is 11.6 Å². The van der Waals surface area contributed by atoms with E-state index in [4.69, 9.17) is 0 Å². The summed E-state index contributed by atoms with van der Waals surface area (Å²) in [4.78, 5) is 35.9. The summed E-state index contributed by atoms with van der Waals surface area (Å²) in [6.45, 7) is 1.63. The third-order valence-corrected chi connectivity index (χ3v) is 7.60. The molecule has 0 aliphatic carbocycles. The Labute approximate surface area is 226 Å². The normalized spacial score (nSPS) is 11.4. The van der Waals surface area contributed by atoms with Gasteiger partial charge in [-0.15, -0.1) is 0 Å². The van der Waals surface area contributed by atoms with Gasteiger partial charge in [0.05, 0.1) is 0 Å². The fourth-order valence-electron chi connectivity index (χ4n) is 5.50. The number of benzene rings is 4. The van der Waals surface area contributed by atoms with Crippen molar-refractivity contribution < 1.29 is 14.4 Å². The molecule has 0 aromatic heterocycles. The maximum Gasteiger partial charge on any atom is 0.137 e. The zero-order valence-electron chi connectivity index (χ0n) is 22.8. The maximum absolute atomic E-state index is 12.9. The number of hydrogen-bond acceptors (Lipinski definition) is 3. The lowest BCUT2D eigenvalue weighted by atomic mass is 9.92. The van der Waals surface area contributed by atoms with Crippen molar-refractivity contribution >= 4 is 49.7 Å². The Hall–Kier alpha value is -3.33. The molecule has 4 rings (SSSR count). The predicted octanol–water partition coefficient (Wildman–Crippen LogP) is 9.10. The van der Waals surface area contributed by atoms with E-state index in [0.717, 1.165) is 56.9 Å². The highest BCUT2D eigenvalue weighted by molar-refractivity contribution is 6.14. The highest BCUT2D eigenvalue weighted by atomic mass is 16.1. The molecule has 0 spiro atoms. The molecule has 0 atom stereocenters. The fourth-order valence-corrected chi connectivity index (χ4v) is 5.50. The largest absolute Gasteiger partial charge is 0.300 e. The van der Waals surface area contributed by atoms with Gasteiger partial charge in [0, 0.05) is 32.1 Å². The number of fused-ring (bicyclic) bond motifs is 4. The molecule has 0 aliphatic rings. The molecule has 0 amide bonds. The van der Waals surface area contributed by atoms with Crippen LogP contribution in [0, 0.1) is 0 Å². The van der Waals surface area contributed by atoms with Crippen molar-refractivity contribution in [1.29, 1.82) is 0 Å². The van der Waals surface area contributed by atoms with E-state index >= 15 is 0 Å². The van der Waals surface area contributed by atoms with E-state index in [9.17, 15) is 14.4 Å². The standard InChI is InChI=1S/C35H40O3/c1-26(36)13-6-2-3-7-18-32(37)19-8-4-5-9-20-33(38)24-31-17-12-16-27-21-22-30-23-28-14-10-11-15-29(28)25-34(30)35(27)31/h10-12,14-17,21-23,25H,2-9,13,18-20,24H2,1H3. The van der Waals surface area contributed by atoms with Crippen LogP contribution < -0.4 is 0 Å². The van der Waals surface area contributed by atoms with Crippen molar-refractivity contribution in [3.05, 3.63) is 72.3 Å². The van der Waals surface area contributed by atoms with Crippen molar-refractivity contribution in [2.75, 3.05) is 0 Å². The number of unbranched alkanes of at least 4 members (excludes halogenated alkanes) is 6. The topological polar surface area (TPSA) is 51.2 Å². The quantitative estimate of drug-likeness (QED) is 0.0861. The first kappa shape index (κ1) is 27.7. The second-order valence-electron chi connectivity index (χ2n) is 10.8. The summed E-state index contributed by atoms with van der Waals surface area (Å²) < 4.78 is 0. The first-order valence-corrected chi connectivity index (χ1v) is 14.4. The van der Waals surface area contributed by atoms with Crippen LogP contribution in [0.3, 0.4) is 0 Å². The minimum atomic E-state index is 0.249. The van der Waals surface area contributed by atoms with E-state index < -0.39 is 0 Å². The van der Waals surface area contributed by atoms with Crippen LogP contribution in [0.1, 0.15) is 89.5 Å². The van der Waals surface area contributed by atoms with Crippen LogP contribution in [-0.2, 0) is 20.8 Å². The van der Waals surface area contributed by atoms with Crippen LogP contribution in [0.4, 0.5) is 0 Å². The molecule has 3 nitrogen and oxygen atoms in total. The molecule has 0 radical (unpaired) electrons. The van der Waals surface area contributed by atoms with Gasteiger partial charge in [-0.3, -0.25) is 9.59 Å². The van der Waals surface area contributed by atoms with Crippen molar-refractivity contribution in [3.63, 3.8) is 0 Å². The summed E-state index contributed by atoms with van der Waals surface area (Å²) in [6.07, 6.45) is 10.8. The molecule has 4 aromatic rings. The third kappa shape index (κ3) is 7.84. The van der Waals surface area contributed by atoms with E-state index in [2.05, 4.69) is 66.7 Å². The number of rotatable bonds is 16. The van der Waals surface area contributed by atoms with Gasteiger partial charge in [0.2, 0.25) is 0 Å². The Kier molecular flexibility index (Phi) is 10.2. The van der Waals surface area contributed by atoms with Gasteiger partial charge in [0.25, 0.3) is 0 Å². The number of Topliss-reactive ketones (excluding diaryl/α,β-unsaturated/α-hetero) is 3. The Bertz CT molecular complexity index is 1420. The number of carbonyl (C=O) groups is 3. The summed E-state index contributed by atoms with van der Waals surface area (Å²) in [7, 11) is 0. The molecule has 0 aliphatic heterocycles. The van der Waals surface area contributed by atoms with Crippen LogP contribution >= 0.6 is 0 Å². The lowest BCUT2D eigenvalue weighted by Gasteiger charge is -2.11. The van der Waals surface area contributed by atoms with Crippen LogP contribution in [-0.4, -0.2) is 17.3 Å². The molecule has 0 fully saturated rings. The minimum absolute atomic E-state index is 0.249. The van der Waals surface area contributed by atoms with Crippen molar-refractivity contribution in [3.8, 4) is 0 Å². The molecule has 0 bridgehead atoms. The Morgan fingerprint density at radius 2 is 1.08 bits per heavy atom. The Morgan fingerprint density at radius 1 is 0.526 bits per heavy atom. The van der Waals surface area contributed by atoms with Crippen LogP contribution in [0.25, 0.3) is 32.3 Å². The molecule has 38 heavy (non-hydrogen) atoms. The Morgan fingerprint density at radius 3 is 1.74 bits per heavy atom. The highest BCUT2D eigenvalue weighted by Crippen LogP contribution is 2.32. The molecule has 4 aromatic carbocycles. The number of ketones is 3. The zero-order chi connectivity index (χ0) is 26.7. The second-order valence-corrected chi connectivity index (χ2v) is 10.8. The van der Waals surface area contributed by atoms with Gasteiger partial charge in [0.1, 0.15) is 17.3 Å². The molecule has 0 heterocycles. The predicted molar refractivity (Wildman–Crippen MR) is 159 cm³/mol. The lowest BCUT2D eigenvalue weighted by molar-refractivity contribution is -0.120. The lowest BCUT2D eigenvalue weighted by Crippen LogP contribution is -2.03. The SMILES string of the molecule is CC(=O)CCCCCCC(=O)CCCCCCC(=O)Cc1cccc2ccc3cc4ccccc4cc3c12. The van der Waals surface area contributed by atoms with Crippen molar-refractivity contribution in [1.82, 2.24) is 0 Å². The first-order valence-electron chi connectivity index (χ1n) is 14.4.